The SMILES string of the molecule is CSC1CCN(C2COC2)CC1. The molecular formula is C9H17NOS. The van der Waals surface area contributed by atoms with Gasteiger partial charge in [0, 0.05) is 5.25 Å². The molecule has 0 radical (unpaired) electrons. The first kappa shape index (κ1) is 8.85. The smallest absolute Gasteiger partial charge is 0.0645 e. The lowest BCUT2D eigenvalue weighted by Crippen LogP contribution is -2.52. The van der Waals surface area contributed by atoms with Gasteiger partial charge in [-0.05, 0) is 32.2 Å². The number of likely N-dealkylation sites (tertiary alicyclic amines) is 1. The summed E-state index contributed by atoms with van der Waals surface area (Å²) in [6.45, 7) is 4.53. The highest BCUT2D eigenvalue weighted by Crippen LogP contribution is 2.23. The number of nitrogens with zero attached hydrogens (tertiary/aromatic N) is 1. The molecule has 0 unspecified atom stereocenters. The van der Waals surface area contributed by atoms with Crippen LogP contribution < -0.4 is 0 Å². The van der Waals surface area contributed by atoms with E-state index >= 15 is 0 Å². The van der Waals surface area contributed by atoms with Crippen LogP contribution in [0.15, 0.2) is 0 Å². The normalized spacial score (nSPS) is 28.8. The van der Waals surface area contributed by atoms with Crippen molar-refractivity contribution < 1.29 is 4.74 Å². The third kappa shape index (κ3) is 1.78. The lowest BCUT2D eigenvalue weighted by Gasteiger charge is -2.41. The van der Waals surface area contributed by atoms with Crippen molar-refractivity contribution in [1.29, 1.82) is 0 Å². The van der Waals surface area contributed by atoms with E-state index in [1.165, 1.54) is 25.9 Å². The number of ether oxygens (including phenoxy) is 1. The van der Waals surface area contributed by atoms with Gasteiger partial charge in [-0.3, -0.25) is 4.90 Å². The standard InChI is InChI=1S/C9H17NOS/c1-12-9-2-4-10(5-3-9)8-6-11-7-8/h8-9H,2-7H2,1H3. The summed E-state index contributed by atoms with van der Waals surface area (Å²) in [7, 11) is 0. The van der Waals surface area contributed by atoms with Gasteiger partial charge in [0.2, 0.25) is 0 Å². The van der Waals surface area contributed by atoms with E-state index in [9.17, 15) is 0 Å². The molecule has 0 bridgehead atoms. The summed E-state index contributed by atoms with van der Waals surface area (Å²) >= 11 is 2.03. The Kier molecular flexibility index (Phi) is 2.94. The molecular weight excluding hydrogens is 170 g/mol. The van der Waals surface area contributed by atoms with Crippen LogP contribution in [0.4, 0.5) is 0 Å². The topological polar surface area (TPSA) is 12.5 Å². The van der Waals surface area contributed by atoms with Gasteiger partial charge in [-0.1, -0.05) is 0 Å². The third-order valence-electron chi connectivity index (χ3n) is 2.95. The van der Waals surface area contributed by atoms with Crippen molar-refractivity contribution in [3.63, 3.8) is 0 Å². The van der Waals surface area contributed by atoms with Crippen molar-refractivity contribution in [3.8, 4) is 0 Å². The van der Waals surface area contributed by atoms with Gasteiger partial charge in [-0.25, -0.2) is 0 Å². The molecule has 0 N–H and O–H groups in total. The second kappa shape index (κ2) is 3.99. The van der Waals surface area contributed by atoms with Gasteiger partial charge < -0.3 is 4.74 Å². The van der Waals surface area contributed by atoms with Gasteiger partial charge in [0.05, 0.1) is 19.3 Å². The molecule has 0 amide bonds. The molecule has 12 heavy (non-hydrogen) atoms. The lowest BCUT2D eigenvalue weighted by molar-refractivity contribution is -0.0693. The highest BCUT2D eigenvalue weighted by molar-refractivity contribution is 7.99. The Hall–Kier alpha value is 0.270. The zero-order chi connectivity index (χ0) is 8.39. The Morgan fingerprint density at radius 1 is 1.25 bits per heavy atom. The highest BCUT2D eigenvalue weighted by atomic mass is 32.2. The highest BCUT2D eigenvalue weighted by Gasteiger charge is 2.28. The van der Waals surface area contributed by atoms with E-state index in [1.54, 1.807) is 0 Å². The quantitative estimate of drug-likeness (QED) is 0.645. The van der Waals surface area contributed by atoms with Crippen molar-refractivity contribution in [2.24, 2.45) is 0 Å². The average Bonchev–Trinajstić information content (AvgIpc) is 2.03. The van der Waals surface area contributed by atoms with Crippen LogP contribution in [-0.4, -0.2) is 48.8 Å². The molecule has 0 atom stereocenters. The maximum Gasteiger partial charge on any atom is 0.0645 e. The van der Waals surface area contributed by atoms with E-state index in [4.69, 9.17) is 4.74 Å². The van der Waals surface area contributed by atoms with Crippen LogP contribution in [0.3, 0.4) is 0 Å². The fourth-order valence-corrected chi connectivity index (χ4v) is 2.59. The predicted molar refractivity (Wildman–Crippen MR) is 52.7 cm³/mol. The van der Waals surface area contributed by atoms with Crippen LogP contribution in [-0.2, 0) is 4.74 Å². The molecule has 0 aromatic heterocycles. The fourth-order valence-electron chi connectivity index (χ4n) is 1.91. The van der Waals surface area contributed by atoms with Crippen LogP contribution in [0.25, 0.3) is 0 Å². The largest absolute Gasteiger partial charge is 0.378 e. The van der Waals surface area contributed by atoms with Crippen molar-refractivity contribution in [2.75, 3.05) is 32.6 Å². The molecule has 2 aliphatic heterocycles. The number of thioether (sulfide) groups is 1. The Morgan fingerprint density at radius 2 is 1.92 bits per heavy atom. The number of piperidine rings is 1. The Morgan fingerprint density at radius 3 is 2.33 bits per heavy atom. The van der Waals surface area contributed by atoms with E-state index in [1.807, 2.05) is 11.8 Å². The molecule has 2 rings (SSSR count). The average molecular weight is 187 g/mol. The van der Waals surface area contributed by atoms with Crippen LogP contribution in [0.5, 0.6) is 0 Å². The molecule has 0 aromatic rings. The minimum Gasteiger partial charge on any atom is -0.378 e. The van der Waals surface area contributed by atoms with E-state index in [0.29, 0.717) is 0 Å². The van der Waals surface area contributed by atoms with E-state index in [-0.39, 0.29) is 0 Å². The first-order valence-electron chi connectivity index (χ1n) is 4.74. The van der Waals surface area contributed by atoms with Crippen molar-refractivity contribution in [3.05, 3.63) is 0 Å². The first-order valence-corrected chi connectivity index (χ1v) is 6.03. The summed E-state index contributed by atoms with van der Waals surface area (Å²) < 4.78 is 5.19. The molecule has 2 aliphatic rings. The summed E-state index contributed by atoms with van der Waals surface area (Å²) in [6, 6.07) is 0.757. The molecule has 2 fully saturated rings. The summed E-state index contributed by atoms with van der Waals surface area (Å²) in [5, 5.41) is 0.919. The molecule has 2 nitrogen and oxygen atoms in total. The predicted octanol–water partition coefficient (Wildman–Crippen LogP) is 1.21. The third-order valence-corrected chi connectivity index (χ3v) is 4.08. The maximum absolute atomic E-state index is 5.19. The van der Waals surface area contributed by atoms with Gasteiger partial charge in [0.25, 0.3) is 0 Å². The fraction of sp³-hybridized carbons (Fsp3) is 1.00. The second-order valence-electron chi connectivity index (χ2n) is 3.66. The second-order valence-corrected chi connectivity index (χ2v) is 4.80. The molecule has 70 valence electrons. The number of hydrogen-bond donors (Lipinski definition) is 0. The molecule has 0 aliphatic carbocycles. The minimum absolute atomic E-state index is 0.757. The van der Waals surface area contributed by atoms with Crippen molar-refractivity contribution in [1.82, 2.24) is 4.90 Å². The van der Waals surface area contributed by atoms with Crippen LogP contribution in [0.1, 0.15) is 12.8 Å². The van der Waals surface area contributed by atoms with Gasteiger partial charge >= 0.3 is 0 Å². The molecule has 0 spiro atoms. The van der Waals surface area contributed by atoms with Crippen LogP contribution >= 0.6 is 11.8 Å². The summed E-state index contributed by atoms with van der Waals surface area (Å²) in [6.07, 6.45) is 4.97. The van der Waals surface area contributed by atoms with E-state index in [2.05, 4.69) is 11.2 Å². The monoisotopic (exact) mass is 187 g/mol. The number of hydrogen-bond acceptors (Lipinski definition) is 3. The molecule has 3 heteroatoms. The number of rotatable bonds is 2. The Labute approximate surface area is 78.6 Å². The zero-order valence-electron chi connectivity index (χ0n) is 7.66. The maximum atomic E-state index is 5.19. The molecule has 2 heterocycles. The van der Waals surface area contributed by atoms with Crippen molar-refractivity contribution in [2.45, 2.75) is 24.1 Å². The molecule has 0 aromatic carbocycles. The van der Waals surface area contributed by atoms with Crippen LogP contribution in [0, 0.1) is 0 Å². The summed E-state index contributed by atoms with van der Waals surface area (Å²) in [5.74, 6) is 0. The van der Waals surface area contributed by atoms with E-state index in [0.717, 1.165) is 24.5 Å². The summed E-state index contributed by atoms with van der Waals surface area (Å²) in [4.78, 5) is 2.59. The lowest BCUT2D eigenvalue weighted by atomic mass is 10.1. The van der Waals surface area contributed by atoms with Crippen molar-refractivity contribution >= 4 is 11.8 Å². The first-order chi connectivity index (χ1) is 5.90. The Bertz CT molecular complexity index is 141. The molecule has 2 saturated heterocycles. The van der Waals surface area contributed by atoms with Gasteiger partial charge in [0.15, 0.2) is 0 Å². The Balaban J connectivity index is 1.74. The van der Waals surface area contributed by atoms with Gasteiger partial charge in [-0.15, -0.1) is 0 Å². The van der Waals surface area contributed by atoms with E-state index < -0.39 is 0 Å². The van der Waals surface area contributed by atoms with Gasteiger partial charge in [-0.2, -0.15) is 11.8 Å². The van der Waals surface area contributed by atoms with Crippen LogP contribution in [0.2, 0.25) is 0 Å². The molecule has 0 saturated carbocycles. The zero-order valence-corrected chi connectivity index (χ0v) is 8.48. The minimum atomic E-state index is 0.757. The van der Waals surface area contributed by atoms with Gasteiger partial charge in [0.1, 0.15) is 0 Å². The summed E-state index contributed by atoms with van der Waals surface area (Å²) in [5.41, 5.74) is 0.